The number of nitrogens with zero attached hydrogens (tertiary/aromatic N) is 1. The van der Waals surface area contributed by atoms with Crippen molar-refractivity contribution < 1.29 is 5.11 Å². The van der Waals surface area contributed by atoms with Crippen LogP contribution in [0.4, 0.5) is 5.82 Å². The van der Waals surface area contributed by atoms with Crippen LogP contribution in [0.2, 0.25) is 5.02 Å². The van der Waals surface area contributed by atoms with Crippen molar-refractivity contribution in [3.63, 3.8) is 0 Å². The average molecular weight is 249 g/mol. The number of pyridine rings is 1. The minimum atomic E-state index is -0.803. The minimum absolute atomic E-state index is 0.296. The highest BCUT2D eigenvalue weighted by atomic mass is 35.5. The van der Waals surface area contributed by atoms with Gasteiger partial charge >= 0.3 is 0 Å². The predicted molar refractivity (Wildman–Crippen MR) is 68.9 cm³/mol. The van der Waals surface area contributed by atoms with Crippen molar-refractivity contribution in [2.75, 3.05) is 5.73 Å². The summed E-state index contributed by atoms with van der Waals surface area (Å²) in [6.45, 7) is 1.94. The normalized spacial score (nSPS) is 12.4. The zero-order chi connectivity index (χ0) is 12.4. The van der Waals surface area contributed by atoms with Gasteiger partial charge in [0.15, 0.2) is 0 Å². The number of hydrogen-bond donors (Lipinski definition) is 2. The molecule has 0 saturated carbocycles. The van der Waals surface area contributed by atoms with Crippen molar-refractivity contribution >= 4 is 17.4 Å². The molecule has 17 heavy (non-hydrogen) atoms. The monoisotopic (exact) mass is 248 g/mol. The SMILES string of the molecule is Cc1ccccc1C(O)c1cc(Cl)cnc1N. The highest BCUT2D eigenvalue weighted by Gasteiger charge is 2.16. The van der Waals surface area contributed by atoms with E-state index in [0.717, 1.165) is 11.1 Å². The van der Waals surface area contributed by atoms with Gasteiger partial charge in [-0.2, -0.15) is 0 Å². The smallest absolute Gasteiger partial charge is 0.129 e. The first kappa shape index (κ1) is 11.9. The van der Waals surface area contributed by atoms with Crippen molar-refractivity contribution in [3.8, 4) is 0 Å². The van der Waals surface area contributed by atoms with Gasteiger partial charge in [-0.25, -0.2) is 4.98 Å². The number of rotatable bonds is 2. The molecule has 0 aliphatic heterocycles. The number of aliphatic hydroxyl groups excluding tert-OH is 1. The van der Waals surface area contributed by atoms with Crippen LogP contribution in [-0.2, 0) is 0 Å². The Kier molecular flexibility index (Phi) is 3.31. The molecule has 1 unspecified atom stereocenters. The first-order valence-electron chi connectivity index (χ1n) is 5.24. The zero-order valence-electron chi connectivity index (χ0n) is 9.39. The number of aromatic nitrogens is 1. The Morgan fingerprint density at radius 1 is 1.29 bits per heavy atom. The maximum absolute atomic E-state index is 10.3. The van der Waals surface area contributed by atoms with E-state index in [2.05, 4.69) is 4.98 Å². The first-order chi connectivity index (χ1) is 8.09. The predicted octanol–water partition coefficient (Wildman–Crippen LogP) is 2.71. The second-order valence-electron chi connectivity index (χ2n) is 3.89. The second kappa shape index (κ2) is 4.73. The molecule has 1 aromatic carbocycles. The molecule has 0 bridgehead atoms. The summed E-state index contributed by atoms with van der Waals surface area (Å²) >= 11 is 5.86. The van der Waals surface area contributed by atoms with Gasteiger partial charge in [0.25, 0.3) is 0 Å². The number of benzene rings is 1. The number of aryl methyl sites for hydroxylation is 1. The van der Waals surface area contributed by atoms with Crippen LogP contribution in [0.3, 0.4) is 0 Å². The van der Waals surface area contributed by atoms with E-state index in [9.17, 15) is 5.11 Å². The van der Waals surface area contributed by atoms with Crippen LogP contribution in [0, 0.1) is 6.92 Å². The fraction of sp³-hybridized carbons (Fsp3) is 0.154. The second-order valence-corrected chi connectivity index (χ2v) is 4.32. The van der Waals surface area contributed by atoms with E-state index in [1.807, 2.05) is 31.2 Å². The molecule has 0 amide bonds. The van der Waals surface area contributed by atoms with Gasteiger partial charge < -0.3 is 10.8 Å². The topological polar surface area (TPSA) is 59.1 Å². The average Bonchev–Trinajstić information content (AvgIpc) is 2.32. The number of nitrogens with two attached hydrogens (primary N) is 1. The summed E-state index contributed by atoms with van der Waals surface area (Å²) in [7, 11) is 0. The van der Waals surface area contributed by atoms with Crippen molar-refractivity contribution in [3.05, 3.63) is 58.2 Å². The van der Waals surface area contributed by atoms with Gasteiger partial charge in [0, 0.05) is 11.8 Å². The molecular weight excluding hydrogens is 236 g/mol. The molecule has 0 spiro atoms. The summed E-state index contributed by atoms with van der Waals surface area (Å²) in [6, 6.07) is 9.24. The van der Waals surface area contributed by atoms with Crippen LogP contribution in [0.25, 0.3) is 0 Å². The molecule has 3 nitrogen and oxygen atoms in total. The lowest BCUT2D eigenvalue weighted by Crippen LogP contribution is -2.06. The van der Waals surface area contributed by atoms with Crippen molar-refractivity contribution in [2.45, 2.75) is 13.0 Å². The zero-order valence-corrected chi connectivity index (χ0v) is 10.1. The van der Waals surface area contributed by atoms with E-state index in [1.165, 1.54) is 6.20 Å². The number of hydrogen-bond acceptors (Lipinski definition) is 3. The molecule has 2 aromatic rings. The Hall–Kier alpha value is -1.58. The quantitative estimate of drug-likeness (QED) is 0.859. The Labute approximate surface area is 105 Å². The molecule has 1 atom stereocenters. The maximum atomic E-state index is 10.3. The van der Waals surface area contributed by atoms with Crippen LogP contribution in [0.5, 0.6) is 0 Å². The summed E-state index contributed by atoms with van der Waals surface area (Å²) in [5.41, 5.74) is 8.09. The number of halogens is 1. The van der Waals surface area contributed by atoms with Crippen LogP contribution >= 0.6 is 11.6 Å². The summed E-state index contributed by atoms with van der Waals surface area (Å²) in [5.74, 6) is 0.296. The van der Waals surface area contributed by atoms with E-state index >= 15 is 0 Å². The van der Waals surface area contributed by atoms with Crippen molar-refractivity contribution in [1.29, 1.82) is 0 Å². The van der Waals surface area contributed by atoms with Crippen LogP contribution in [0.1, 0.15) is 22.8 Å². The van der Waals surface area contributed by atoms with Gasteiger partial charge in [0.2, 0.25) is 0 Å². The largest absolute Gasteiger partial charge is 0.384 e. The van der Waals surface area contributed by atoms with Gasteiger partial charge in [0.1, 0.15) is 11.9 Å². The first-order valence-corrected chi connectivity index (χ1v) is 5.62. The molecular formula is C13H13ClN2O. The Morgan fingerprint density at radius 2 is 2.00 bits per heavy atom. The molecule has 0 aliphatic rings. The number of nitrogen functional groups attached to an aromatic ring is 1. The van der Waals surface area contributed by atoms with Crippen LogP contribution < -0.4 is 5.73 Å². The number of anilines is 1. The molecule has 0 fully saturated rings. The lowest BCUT2D eigenvalue weighted by atomic mass is 9.98. The lowest BCUT2D eigenvalue weighted by molar-refractivity contribution is 0.220. The fourth-order valence-corrected chi connectivity index (χ4v) is 1.91. The van der Waals surface area contributed by atoms with Gasteiger partial charge in [-0.05, 0) is 24.1 Å². The molecule has 0 radical (unpaired) electrons. The standard InChI is InChI=1S/C13H13ClN2O/c1-8-4-2-3-5-10(8)12(17)11-6-9(14)7-16-13(11)15/h2-7,12,17H,1H3,(H2,15,16). The van der Waals surface area contributed by atoms with Crippen LogP contribution in [0.15, 0.2) is 36.5 Å². The highest BCUT2D eigenvalue weighted by molar-refractivity contribution is 6.30. The molecule has 1 heterocycles. The van der Waals surface area contributed by atoms with Gasteiger partial charge in [0.05, 0.1) is 5.02 Å². The fourth-order valence-electron chi connectivity index (χ4n) is 1.75. The summed E-state index contributed by atoms with van der Waals surface area (Å²) in [5, 5.41) is 10.8. The molecule has 88 valence electrons. The Bertz CT molecular complexity index is 543. The molecule has 2 rings (SSSR count). The molecule has 4 heteroatoms. The summed E-state index contributed by atoms with van der Waals surface area (Å²) in [4.78, 5) is 3.94. The van der Waals surface area contributed by atoms with Gasteiger partial charge in [-0.15, -0.1) is 0 Å². The summed E-state index contributed by atoms with van der Waals surface area (Å²) in [6.07, 6.45) is 0.660. The Balaban J connectivity index is 2.47. The van der Waals surface area contributed by atoms with E-state index in [0.29, 0.717) is 16.4 Å². The third-order valence-electron chi connectivity index (χ3n) is 2.69. The third kappa shape index (κ3) is 2.40. The van der Waals surface area contributed by atoms with E-state index in [1.54, 1.807) is 6.07 Å². The Morgan fingerprint density at radius 3 is 2.71 bits per heavy atom. The van der Waals surface area contributed by atoms with Gasteiger partial charge in [-0.1, -0.05) is 35.9 Å². The minimum Gasteiger partial charge on any atom is -0.384 e. The number of aliphatic hydroxyl groups is 1. The maximum Gasteiger partial charge on any atom is 0.129 e. The third-order valence-corrected chi connectivity index (χ3v) is 2.90. The molecule has 3 N–H and O–H groups in total. The van der Waals surface area contributed by atoms with Crippen molar-refractivity contribution in [1.82, 2.24) is 4.98 Å². The molecule has 0 saturated heterocycles. The van der Waals surface area contributed by atoms with E-state index in [-0.39, 0.29) is 0 Å². The molecule has 1 aromatic heterocycles. The highest BCUT2D eigenvalue weighted by Crippen LogP contribution is 2.29. The lowest BCUT2D eigenvalue weighted by Gasteiger charge is -2.15. The summed E-state index contributed by atoms with van der Waals surface area (Å²) < 4.78 is 0. The van der Waals surface area contributed by atoms with Crippen molar-refractivity contribution in [2.24, 2.45) is 0 Å². The van der Waals surface area contributed by atoms with E-state index in [4.69, 9.17) is 17.3 Å². The van der Waals surface area contributed by atoms with Gasteiger partial charge in [-0.3, -0.25) is 0 Å². The van der Waals surface area contributed by atoms with Crippen LogP contribution in [-0.4, -0.2) is 10.1 Å². The molecule has 0 aliphatic carbocycles. The van der Waals surface area contributed by atoms with E-state index < -0.39 is 6.10 Å².